The molecule has 3 nitrogen and oxygen atoms in total. The van der Waals surface area contributed by atoms with Crippen molar-refractivity contribution in [3.63, 3.8) is 0 Å². The third-order valence-corrected chi connectivity index (χ3v) is 1.17. The van der Waals surface area contributed by atoms with Gasteiger partial charge in [-0.3, -0.25) is 0 Å². The van der Waals surface area contributed by atoms with E-state index < -0.39 is 0 Å². The Labute approximate surface area is 50.0 Å². The molecule has 0 radical (unpaired) electrons. The summed E-state index contributed by atoms with van der Waals surface area (Å²) in [6, 6.07) is 0.139. The second-order valence-electron chi connectivity index (χ2n) is 1.87. The van der Waals surface area contributed by atoms with Crippen LogP contribution in [0.2, 0.25) is 0 Å². The van der Waals surface area contributed by atoms with Crippen molar-refractivity contribution < 1.29 is 4.74 Å². The summed E-state index contributed by atoms with van der Waals surface area (Å²) in [5.41, 5.74) is 10.9. The van der Waals surface area contributed by atoms with Crippen molar-refractivity contribution in [3.8, 4) is 0 Å². The maximum absolute atomic E-state index is 5.43. The molecule has 1 aliphatic rings. The lowest BCUT2D eigenvalue weighted by Gasteiger charge is -2.02. The quantitative estimate of drug-likeness (QED) is 0.442. The van der Waals surface area contributed by atoms with Crippen molar-refractivity contribution in [1.82, 2.24) is 0 Å². The summed E-state index contributed by atoms with van der Waals surface area (Å²) in [5.74, 6) is 0. The van der Waals surface area contributed by atoms with Crippen LogP contribution in [0.3, 0.4) is 0 Å². The van der Waals surface area contributed by atoms with Gasteiger partial charge in [0, 0.05) is 12.1 Å². The average molecular weight is 118 g/mol. The van der Waals surface area contributed by atoms with Crippen LogP contribution in [0.25, 0.3) is 0 Å². The van der Waals surface area contributed by atoms with Crippen LogP contribution in [0.4, 0.5) is 0 Å². The largest absolute Gasteiger partial charge is 0.378 e. The summed E-state index contributed by atoms with van der Waals surface area (Å²) in [5, 5.41) is 0. The fourth-order valence-corrected chi connectivity index (χ4v) is 0.587. The maximum Gasteiger partial charge on any atom is 0.0634 e. The molecule has 0 aliphatic carbocycles. The van der Waals surface area contributed by atoms with E-state index in [9.17, 15) is 0 Å². The maximum atomic E-state index is 5.43. The first-order valence-electron chi connectivity index (χ1n) is 2.39. The lowest BCUT2D eigenvalue weighted by molar-refractivity contribution is 0.191. The molecule has 50 valence electrons. The number of ether oxygens (including phenoxy) is 1. The van der Waals surface area contributed by atoms with Crippen LogP contribution < -0.4 is 11.5 Å². The van der Waals surface area contributed by atoms with E-state index in [1.165, 1.54) is 0 Å². The molecule has 0 aromatic heterocycles. The highest BCUT2D eigenvalue weighted by Crippen LogP contribution is 1.97. The zero-order valence-electron chi connectivity index (χ0n) is 4.13. The van der Waals surface area contributed by atoms with Gasteiger partial charge in [-0.05, 0) is 0 Å². The lowest BCUT2D eigenvalue weighted by Crippen LogP contribution is -2.39. The Morgan fingerprint density at radius 2 is 1.50 bits per heavy atom. The minimum Gasteiger partial charge on any atom is -0.378 e. The summed E-state index contributed by atoms with van der Waals surface area (Å²) in [6.45, 7) is 1.25. The molecule has 2 atom stereocenters. The molecule has 0 aromatic carbocycles. The van der Waals surface area contributed by atoms with Crippen molar-refractivity contribution in [2.75, 3.05) is 13.2 Å². The number of hydrogen-bond acceptors (Lipinski definition) is 3. The van der Waals surface area contributed by atoms with Gasteiger partial charge in [-0.1, -0.05) is 7.43 Å². The summed E-state index contributed by atoms with van der Waals surface area (Å²) in [7, 11) is 0. The van der Waals surface area contributed by atoms with Crippen molar-refractivity contribution in [2.45, 2.75) is 19.5 Å². The van der Waals surface area contributed by atoms with Crippen molar-refractivity contribution in [3.05, 3.63) is 0 Å². The van der Waals surface area contributed by atoms with E-state index in [-0.39, 0.29) is 19.5 Å². The summed E-state index contributed by atoms with van der Waals surface area (Å²) < 4.78 is 4.92. The molecule has 1 rings (SSSR count). The Hall–Kier alpha value is -0.120. The van der Waals surface area contributed by atoms with E-state index in [1.807, 2.05) is 0 Å². The monoisotopic (exact) mass is 118 g/mol. The molecule has 1 aliphatic heterocycles. The molecule has 0 saturated carbocycles. The molecule has 0 amide bonds. The topological polar surface area (TPSA) is 61.3 Å². The third kappa shape index (κ3) is 1.43. The number of hydrogen-bond donors (Lipinski definition) is 2. The Kier molecular flexibility index (Phi) is 2.97. The smallest absolute Gasteiger partial charge is 0.0634 e. The number of nitrogens with two attached hydrogens (primary N) is 2. The van der Waals surface area contributed by atoms with E-state index in [0.717, 1.165) is 0 Å². The van der Waals surface area contributed by atoms with Gasteiger partial charge < -0.3 is 16.2 Å². The van der Waals surface area contributed by atoms with Crippen LogP contribution in [-0.4, -0.2) is 25.3 Å². The van der Waals surface area contributed by atoms with E-state index in [0.29, 0.717) is 13.2 Å². The zero-order valence-corrected chi connectivity index (χ0v) is 4.13. The second kappa shape index (κ2) is 3.02. The van der Waals surface area contributed by atoms with Crippen LogP contribution in [0.15, 0.2) is 0 Å². The Balaban J connectivity index is 0.000000490. The van der Waals surface area contributed by atoms with Gasteiger partial charge in [-0.15, -0.1) is 0 Å². The van der Waals surface area contributed by atoms with E-state index in [4.69, 9.17) is 16.2 Å². The van der Waals surface area contributed by atoms with E-state index >= 15 is 0 Å². The Morgan fingerprint density at radius 1 is 1.12 bits per heavy atom. The summed E-state index contributed by atoms with van der Waals surface area (Å²) >= 11 is 0. The minimum absolute atomic E-state index is 0. The van der Waals surface area contributed by atoms with Crippen molar-refractivity contribution in [1.29, 1.82) is 0 Å². The molecule has 0 bridgehead atoms. The number of rotatable bonds is 0. The van der Waals surface area contributed by atoms with Crippen molar-refractivity contribution >= 4 is 0 Å². The molecular weight excluding hydrogens is 104 g/mol. The van der Waals surface area contributed by atoms with Gasteiger partial charge in [-0.2, -0.15) is 0 Å². The van der Waals surface area contributed by atoms with Crippen LogP contribution in [0.1, 0.15) is 7.43 Å². The summed E-state index contributed by atoms with van der Waals surface area (Å²) in [6.07, 6.45) is 0. The van der Waals surface area contributed by atoms with Gasteiger partial charge in [-0.25, -0.2) is 0 Å². The molecule has 2 unspecified atom stereocenters. The third-order valence-electron chi connectivity index (χ3n) is 1.17. The molecule has 1 fully saturated rings. The lowest BCUT2D eigenvalue weighted by atomic mass is 10.2. The first-order chi connectivity index (χ1) is 3.30. The van der Waals surface area contributed by atoms with E-state index in [2.05, 4.69) is 0 Å². The first-order valence-corrected chi connectivity index (χ1v) is 2.39. The van der Waals surface area contributed by atoms with Gasteiger partial charge >= 0.3 is 0 Å². The fourth-order valence-electron chi connectivity index (χ4n) is 0.587. The molecular formula is C5H14N2O. The second-order valence-corrected chi connectivity index (χ2v) is 1.87. The average Bonchev–Trinajstić information content (AvgIpc) is 1.91. The SMILES string of the molecule is C.NC1COCC1N. The first kappa shape index (κ1) is 7.88. The van der Waals surface area contributed by atoms with Crippen LogP contribution in [0.5, 0.6) is 0 Å². The van der Waals surface area contributed by atoms with Gasteiger partial charge in [0.25, 0.3) is 0 Å². The molecule has 0 spiro atoms. The van der Waals surface area contributed by atoms with Crippen LogP contribution in [0, 0.1) is 0 Å². The molecule has 1 heterocycles. The Morgan fingerprint density at radius 3 is 1.62 bits per heavy atom. The van der Waals surface area contributed by atoms with Crippen LogP contribution >= 0.6 is 0 Å². The van der Waals surface area contributed by atoms with Crippen LogP contribution in [-0.2, 0) is 4.74 Å². The standard InChI is InChI=1S/C4H10N2O.CH4/c5-3-1-7-2-4(3)6;/h3-4H,1-2,5-6H2;1H4. The summed E-state index contributed by atoms with van der Waals surface area (Å²) in [4.78, 5) is 0. The zero-order chi connectivity index (χ0) is 5.28. The fraction of sp³-hybridized carbons (Fsp3) is 1.00. The van der Waals surface area contributed by atoms with Gasteiger partial charge in [0.1, 0.15) is 0 Å². The normalized spacial score (nSPS) is 36.8. The predicted molar refractivity (Wildman–Crippen MR) is 33.5 cm³/mol. The van der Waals surface area contributed by atoms with Gasteiger partial charge in [0.15, 0.2) is 0 Å². The minimum atomic E-state index is 0. The van der Waals surface area contributed by atoms with Gasteiger partial charge in [0.2, 0.25) is 0 Å². The molecule has 1 saturated heterocycles. The molecule has 8 heavy (non-hydrogen) atoms. The molecule has 4 N–H and O–H groups in total. The van der Waals surface area contributed by atoms with Crippen molar-refractivity contribution in [2.24, 2.45) is 11.5 Å². The highest BCUT2D eigenvalue weighted by molar-refractivity contribution is 4.80. The van der Waals surface area contributed by atoms with E-state index in [1.54, 1.807) is 0 Å². The molecule has 3 heteroatoms. The Bertz CT molecular complexity index is 59.4. The predicted octanol–water partition coefficient (Wildman–Crippen LogP) is -0.693. The molecule has 0 aromatic rings. The highest BCUT2D eigenvalue weighted by atomic mass is 16.5. The highest BCUT2D eigenvalue weighted by Gasteiger charge is 2.19. The van der Waals surface area contributed by atoms with Gasteiger partial charge in [0.05, 0.1) is 13.2 Å².